The quantitative estimate of drug-likeness (QED) is 0.926. The number of benzene rings is 2. The lowest BCUT2D eigenvalue weighted by Crippen LogP contribution is -1.97. The van der Waals surface area contributed by atoms with E-state index in [1.165, 1.54) is 5.56 Å². The zero-order valence-corrected chi connectivity index (χ0v) is 11.5. The first-order valence-corrected chi connectivity index (χ1v) is 6.83. The third-order valence-corrected chi connectivity index (χ3v) is 3.73. The molecule has 0 aromatic heterocycles. The van der Waals surface area contributed by atoms with E-state index < -0.39 is 0 Å². The molecule has 1 aliphatic carbocycles. The molecule has 1 N–H and O–H groups in total. The molecule has 2 aromatic carbocycles. The number of aliphatic hydroxyl groups is 1. The Hall–Kier alpha value is -2.00. The van der Waals surface area contributed by atoms with Crippen LogP contribution in [0.4, 0.5) is 0 Å². The Bertz CT molecular complexity index is 590. The molecule has 3 rings (SSSR count). The number of hydrogen-bond donors (Lipinski definition) is 1. The van der Waals surface area contributed by atoms with Crippen molar-refractivity contribution in [1.82, 2.24) is 0 Å². The summed E-state index contributed by atoms with van der Waals surface area (Å²) in [6.45, 7) is 0.533. The molecule has 0 unspecified atom stereocenters. The van der Waals surface area contributed by atoms with Gasteiger partial charge < -0.3 is 14.6 Å². The Kier molecular flexibility index (Phi) is 3.61. The van der Waals surface area contributed by atoms with Crippen molar-refractivity contribution in [2.45, 2.75) is 25.6 Å². The number of methoxy groups -OCH3 is 1. The minimum Gasteiger partial charge on any atom is -0.497 e. The summed E-state index contributed by atoms with van der Waals surface area (Å²) in [4.78, 5) is 0. The zero-order valence-electron chi connectivity index (χ0n) is 11.5. The first-order valence-electron chi connectivity index (χ1n) is 6.83. The van der Waals surface area contributed by atoms with Gasteiger partial charge in [-0.2, -0.15) is 0 Å². The van der Waals surface area contributed by atoms with Crippen molar-refractivity contribution < 1.29 is 14.6 Å². The van der Waals surface area contributed by atoms with E-state index in [9.17, 15) is 5.11 Å². The van der Waals surface area contributed by atoms with E-state index in [-0.39, 0.29) is 6.10 Å². The summed E-state index contributed by atoms with van der Waals surface area (Å²) in [5, 5.41) is 9.78. The van der Waals surface area contributed by atoms with Gasteiger partial charge >= 0.3 is 0 Å². The van der Waals surface area contributed by atoms with E-state index in [0.717, 1.165) is 35.5 Å². The fraction of sp³-hybridized carbons (Fsp3) is 0.294. The topological polar surface area (TPSA) is 38.7 Å². The number of fused-ring (bicyclic) bond motifs is 1. The fourth-order valence-corrected chi connectivity index (χ4v) is 2.55. The van der Waals surface area contributed by atoms with Crippen LogP contribution < -0.4 is 9.47 Å². The normalized spacial score (nSPS) is 16.8. The van der Waals surface area contributed by atoms with Crippen LogP contribution in [0.3, 0.4) is 0 Å². The largest absolute Gasteiger partial charge is 0.497 e. The second-order valence-corrected chi connectivity index (χ2v) is 5.05. The van der Waals surface area contributed by atoms with Crippen molar-refractivity contribution >= 4 is 0 Å². The minimum atomic E-state index is -0.305. The monoisotopic (exact) mass is 270 g/mol. The van der Waals surface area contributed by atoms with E-state index in [4.69, 9.17) is 9.47 Å². The molecule has 0 bridgehead atoms. The number of hydrogen-bond acceptors (Lipinski definition) is 3. The molecule has 0 spiro atoms. The maximum Gasteiger partial charge on any atom is 0.120 e. The smallest absolute Gasteiger partial charge is 0.120 e. The summed E-state index contributed by atoms with van der Waals surface area (Å²) in [6, 6.07) is 13.8. The molecule has 0 radical (unpaired) electrons. The van der Waals surface area contributed by atoms with E-state index in [1.54, 1.807) is 7.11 Å². The summed E-state index contributed by atoms with van der Waals surface area (Å²) < 4.78 is 10.9. The lowest BCUT2D eigenvalue weighted by molar-refractivity contribution is 0.180. The van der Waals surface area contributed by atoms with Gasteiger partial charge in [-0.05, 0) is 53.8 Å². The standard InChI is InChI=1S/C17H18O3/c1-19-14-5-2-12(3-6-14)11-20-15-7-8-16-13(10-15)4-9-17(16)18/h2-3,5-8,10,17-18H,4,9,11H2,1H3/t17-/m0/s1. The van der Waals surface area contributed by atoms with Crippen LogP contribution in [0.1, 0.15) is 29.2 Å². The minimum absolute atomic E-state index is 0.305. The van der Waals surface area contributed by atoms with E-state index in [0.29, 0.717) is 6.61 Å². The van der Waals surface area contributed by atoms with Gasteiger partial charge in [0.1, 0.15) is 18.1 Å². The third kappa shape index (κ3) is 2.63. The Morgan fingerprint density at radius 2 is 1.85 bits per heavy atom. The highest BCUT2D eigenvalue weighted by Crippen LogP contribution is 2.33. The van der Waals surface area contributed by atoms with Gasteiger partial charge in [-0.1, -0.05) is 18.2 Å². The molecule has 0 heterocycles. The van der Waals surface area contributed by atoms with Crippen LogP contribution in [-0.4, -0.2) is 12.2 Å². The molecule has 3 nitrogen and oxygen atoms in total. The molecular formula is C17H18O3. The predicted molar refractivity (Wildman–Crippen MR) is 77.0 cm³/mol. The van der Waals surface area contributed by atoms with Crippen molar-refractivity contribution in [3.05, 3.63) is 59.2 Å². The van der Waals surface area contributed by atoms with E-state index in [2.05, 4.69) is 0 Å². The van der Waals surface area contributed by atoms with Crippen LogP contribution >= 0.6 is 0 Å². The summed E-state index contributed by atoms with van der Waals surface area (Å²) in [5.41, 5.74) is 3.35. The number of ether oxygens (including phenoxy) is 2. The number of aliphatic hydroxyl groups excluding tert-OH is 1. The van der Waals surface area contributed by atoms with Gasteiger partial charge in [0.25, 0.3) is 0 Å². The highest BCUT2D eigenvalue weighted by molar-refractivity contribution is 5.40. The molecule has 2 aromatic rings. The van der Waals surface area contributed by atoms with Crippen LogP contribution in [0.15, 0.2) is 42.5 Å². The van der Waals surface area contributed by atoms with Gasteiger partial charge in [-0.3, -0.25) is 0 Å². The molecule has 0 aliphatic heterocycles. The van der Waals surface area contributed by atoms with Crippen molar-refractivity contribution in [3.63, 3.8) is 0 Å². The molecule has 0 saturated heterocycles. The van der Waals surface area contributed by atoms with Crippen LogP contribution in [0, 0.1) is 0 Å². The van der Waals surface area contributed by atoms with E-state index >= 15 is 0 Å². The molecule has 104 valence electrons. The second kappa shape index (κ2) is 5.55. The van der Waals surface area contributed by atoms with Gasteiger partial charge in [-0.15, -0.1) is 0 Å². The lowest BCUT2D eigenvalue weighted by Gasteiger charge is -2.09. The van der Waals surface area contributed by atoms with Crippen LogP contribution in [0.25, 0.3) is 0 Å². The Labute approximate surface area is 118 Å². The predicted octanol–water partition coefficient (Wildman–Crippen LogP) is 3.25. The Morgan fingerprint density at radius 1 is 1.10 bits per heavy atom. The van der Waals surface area contributed by atoms with Crippen LogP contribution in [0.5, 0.6) is 11.5 Å². The van der Waals surface area contributed by atoms with Gasteiger partial charge in [-0.25, -0.2) is 0 Å². The first-order chi connectivity index (χ1) is 9.76. The van der Waals surface area contributed by atoms with Crippen LogP contribution in [0.2, 0.25) is 0 Å². The van der Waals surface area contributed by atoms with Gasteiger partial charge in [0.15, 0.2) is 0 Å². The van der Waals surface area contributed by atoms with Crippen molar-refractivity contribution in [2.24, 2.45) is 0 Å². The zero-order chi connectivity index (χ0) is 13.9. The molecule has 1 aliphatic rings. The summed E-state index contributed by atoms with van der Waals surface area (Å²) in [7, 11) is 1.66. The first kappa shape index (κ1) is 13.0. The Morgan fingerprint density at radius 3 is 2.60 bits per heavy atom. The summed E-state index contributed by atoms with van der Waals surface area (Å²) in [6.07, 6.45) is 1.44. The average molecular weight is 270 g/mol. The van der Waals surface area contributed by atoms with Crippen LogP contribution in [-0.2, 0) is 13.0 Å². The van der Waals surface area contributed by atoms with E-state index in [1.807, 2.05) is 42.5 Å². The van der Waals surface area contributed by atoms with Crippen molar-refractivity contribution in [2.75, 3.05) is 7.11 Å². The summed E-state index contributed by atoms with van der Waals surface area (Å²) in [5.74, 6) is 1.70. The molecule has 0 fully saturated rings. The lowest BCUT2D eigenvalue weighted by atomic mass is 10.1. The molecule has 0 amide bonds. The molecule has 1 atom stereocenters. The van der Waals surface area contributed by atoms with Crippen molar-refractivity contribution in [3.8, 4) is 11.5 Å². The average Bonchev–Trinajstić information content (AvgIpc) is 2.87. The number of aryl methyl sites for hydroxylation is 1. The molecule has 20 heavy (non-hydrogen) atoms. The Balaban J connectivity index is 1.66. The molecular weight excluding hydrogens is 252 g/mol. The summed E-state index contributed by atoms with van der Waals surface area (Å²) >= 11 is 0. The number of rotatable bonds is 4. The van der Waals surface area contributed by atoms with Gasteiger partial charge in [0, 0.05) is 0 Å². The maximum absolute atomic E-state index is 9.78. The highest BCUT2D eigenvalue weighted by atomic mass is 16.5. The van der Waals surface area contributed by atoms with Gasteiger partial charge in [0.2, 0.25) is 0 Å². The fourth-order valence-electron chi connectivity index (χ4n) is 2.55. The SMILES string of the molecule is COc1ccc(COc2ccc3c(c2)CC[C@@H]3O)cc1. The van der Waals surface area contributed by atoms with Crippen molar-refractivity contribution in [1.29, 1.82) is 0 Å². The highest BCUT2D eigenvalue weighted by Gasteiger charge is 2.20. The maximum atomic E-state index is 9.78. The molecule has 3 heteroatoms. The molecule has 0 saturated carbocycles. The van der Waals surface area contributed by atoms with Gasteiger partial charge in [0.05, 0.1) is 13.2 Å². The second-order valence-electron chi connectivity index (χ2n) is 5.05. The third-order valence-electron chi connectivity index (χ3n) is 3.73.